The molecule has 2 aromatic rings. The quantitative estimate of drug-likeness (QED) is 0.671. The zero-order valence-electron chi connectivity index (χ0n) is 10.3. The summed E-state index contributed by atoms with van der Waals surface area (Å²) in [5, 5.41) is 2.28. The number of hydrazine groups is 1. The van der Waals surface area contributed by atoms with E-state index in [-0.39, 0.29) is 11.6 Å². The van der Waals surface area contributed by atoms with Crippen LogP contribution in [0.5, 0.6) is 0 Å². The van der Waals surface area contributed by atoms with Crippen molar-refractivity contribution in [3.63, 3.8) is 0 Å². The first-order valence-corrected chi connectivity index (χ1v) is 6.78. The average molecular weight is 297 g/mol. The molecule has 19 heavy (non-hydrogen) atoms. The highest BCUT2D eigenvalue weighted by molar-refractivity contribution is 7.09. The molecule has 1 amide bonds. The second kappa shape index (κ2) is 6.01. The summed E-state index contributed by atoms with van der Waals surface area (Å²) in [6.45, 7) is 0.523. The smallest absolute Gasteiger partial charge is 0.274 e. The minimum atomic E-state index is -0.240. The summed E-state index contributed by atoms with van der Waals surface area (Å²) in [7, 11) is 1.71. The average Bonchev–Trinajstić information content (AvgIpc) is 2.91. The van der Waals surface area contributed by atoms with Crippen LogP contribution in [-0.2, 0) is 6.54 Å². The van der Waals surface area contributed by atoms with Gasteiger partial charge in [0.2, 0.25) is 0 Å². The maximum absolute atomic E-state index is 12.3. The van der Waals surface area contributed by atoms with Gasteiger partial charge in [-0.05, 0) is 23.6 Å². The molecule has 0 saturated heterocycles. The van der Waals surface area contributed by atoms with Gasteiger partial charge in [0.1, 0.15) is 11.5 Å². The molecule has 0 fully saturated rings. The molecule has 0 bridgehead atoms. The Balaban J connectivity index is 2.18. The number of carbonyl (C=O) groups excluding carboxylic acids is 1. The largest absolute Gasteiger partial charge is 0.335 e. The van der Waals surface area contributed by atoms with Gasteiger partial charge < -0.3 is 10.3 Å². The SMILES string of the molecule is CN(Cc1cccs1)C(=O)c1nc(NN)ccc1Cl. The van der Waals surface area contributed by atoms with Crippen LogP contribution in [0, 0.1) is 0 Å². The number of hydrogen-bond donors (Lipinski definition) is 2. The highest BCUT2D eigenvalue weighted by atomic mass is 35.5. The Morgan fingerprint density at radius 1 is 1.53 bits per heavy atom. The molecule has 0 radical (unpaired) electrons. The summed E-state index contributed by atoms with van der Waals surface area (Å²) in [6, 6.07) is 7.12. The molecule has 0 unspecified atom stereocenters. The minimum Gasteiger partial charge on any atom is -0.335 e. The first kappa shape index (κ1) is 13.8. The Labute approximate surface area is 120 Å². The lowest BCUT2D eigenvalue weighted by molar-refractivity contribution is 0.0781. The first-order chi connectivity index (χ1) is 9.11. The number of nitrogens with zero attached hydrogens (tertiary/aromatic N) is 2. The lowest BCUT2D eigenvalue weighted by Crippen LogP contribution is -2.27. The van der Waals surface area contributed by atoms with E-state index in [9.17, 15) is 4.79 Å². The predicted molar refractivity (Wildman–Crippen MR) is 77.2 cm³/mol. The Morgan fingerprint density at radius 2 is 2.32 bits per heavy atom. The normalized spacial score (nSPS) is 10.3. The number of nitrogen functional groups attached to an aromatic ring is 1. The molecule has 0 aliphatic rings. The molecule has 5 nitrogen and oxygen atoms in total. The molecule has 0 spiro atoms. The number of carbonyl (C=O) groups is 1. The fourth-order valence-corrected chi connectivity index (χ4v) is 2.50. The monoisotopic (exact) mass is 296 g/mol. The summed E-state index contributed by atoms with van der Waals surface area (Å²) in [5.41, 5.74) is 2.59. The zero-order chi connectivity index (χ0) is 13.8. The third-order valence-electron chi connectivity index (χ3n) is 2.52. The number of halogens is 1. The fraction of sp³-hybridized carbons (Fsp3) is 0.167. The van der Waals surface area contributed by atoms with Gasteiger partial charge in [-0.1, -0.05) is 17.7 Å². The van der Waals surface area contributed by atoms with Crippen molar-refractivity contribution >= 4 is 34.7 Å². The van der Waals surface area contributed by atoms with Crippen LogP contribution in [-0.4, -0.2) is 22.8 Å². The van der Waals surface area contributed by atoms with Crippen molar-refractivity contribution in [2.75, 3.05) is 12.5 Å². The number of rotatable bonds is 4. The summed E-state index contributed by atoms with van der Waals surface area (Å²) < 4.78 is 0. The van der Waals surface area contributed by atoms with Crippen molar-refractivity contribution in [3.05, 3.63) is 45.2 Å². The fourth-order valence-electron chi connectivity index (χ4n) is 1.56. The molecule has 0 aromatic carbocycles. The van der Waals surface area contributed by atoms with Gasteiger partial charge in [0.05, 0.1) is 11.6 Å². The third-order valence-corrected chi connectivity index (χ3v) is 3.68. The van der Waals surface area contributed by atoms with E-state index >= 15 is 0 Å². The van der Waals surface area contributed by atoms with Crippen LogP contribution in [0.25, 0.3) is 0 Å². The molecule has 100 valence electrons. The van der Waals surface area contributed by atoms with Crippen molar-refractivity contribution in [1.29, 1.82) is 0 Å². The first-order valence-electron chi connectivity index (χ1n) is 5.53. The standard InChI is InChI=1S/C12H13ClN4OS/c1-17(7-8-3-2-6-19-8)12(18)11-9(13)4-5-10(15-11)16-14/h2-6H,7,14H2,1H3,(H,15,16). The van der Waals surface area contributed by atoms with E-state index in [4.69, 9.17) is 17.4 Å². The van der Waals surface area contributed by atoms with Crippen LogP contribution in [0.3, 0.4) is 0 Å². The second-order valence-corrected chi connectivity index (χ2v) is 5.35. The topological polar surface area (TPSA) is 71.2 Å². The summed E-state index contributed by atoms with van der Waals surface area (Å²) in [6.07, 6.45) is 0. The molecule has 0 aliphatic carbocycles. The lowest BCUT2D eigenvalue weighted by Gasteiger charge is -2.16. The van der Waals surface area contributed by atoms with E-state index in [0.717, 1.165) is 4.88 Å². The van der Waals surface area contributed by atoms with Gasteiger partial charge in [-0.15, -0.1) is 11.3 Å². The van der Waals surface area contributed by atoms with Crippen LogP contribution in [0.1, 0.15) is 15.4 Å². The molecule has 2 aromatic heterocycles. The highest BCUT2D eigenvalue weighted by Gasteiger charge is 2.18. The molecule has 0 saturated carbocycles. The van der Waals surface area contributed by atoms with Gasteiger partial charge in [0.15, 0.2) is 0 Å². The molecule has 7 heteroatoms. The van der Waals surface area contributed by atoms with Gasteiger partial charge in [0, 0.05) is 11.9 Å². The second-order valence-electron chi connectivity index (χ2n) is 3.91. The zero-order valence-corrected chi connectivity index (χ0v) is 11.8. The van der Waals surface area contributed by atoms with Crippen molar-refractivity contribution in [2.24, 2.45) is 5.84 Å². The van der Waals surface area contributed by atoms with E-state index in [1.165, 1.54) is 0 Å². The minimum absolute atomic E-state index is 0.191. The Morgan fingerprint density at radius 3 is 2.95 bits per heavy atom. The predicted octanol–water partition coefficient (Wildman–Crippen LogP) is 2.35. The van der Waals surface area contributed by atoms with E-state index in [2.05, 4.69) is 10.4 Å². The third kappa shape index (κ3) is 3.23. The number of hydrogen-bond acceptors (Lipinski definition) is 5. The maximum Gasteiger partial charge on any atom is 0.274 e. The maximum atomic E-state index is 12.3. The van der Waals surface area contributed by atoms with Crippen LogP contribution in [0.2, 0.25) is 5.02 Å². The summed E-state index contributed by atoms with van der Waals surface area (Å²) >= 11 is 7.59. The number of thiophene rings is 1. The summed E-state index contributed by atoms with van der Waals surface area (Å²) in [5.74, 6) is 5.44. The highest BCUT2D eigenvalue weighted by Crippen LogP contribution is 2.19. The molecular weight excluding hydrogens is 284 g/mol. The lowest BCUT2D eigenvalue weighted by atomic mass is 10.3. The van der Waals surface area contributed by atoms with Gasteiger partial charge in [0.25, 0.3) is 5.91 Å². The van der Waals surface area contributed by atoms with Crippen LogP contribution >= 0.6 is 22.9 Å². The number of aromatic nitrogens is 1. The Bertz CT molecular complexity index is 573. The summed E-state index contributed by atoms with van der Waals surface area (Å²) in [4.78, 5) is 19.0. The molecule has 0 aliphatic heterocycles. The van der Waals surface area contributed by atoms with Crippen molar-refractivity contribution < 1.29 is 4.79 Å². The molecule has 2 rings (SSSR count). The van der Waals surface area contributed by atoms with Gasteiger partial charge >= 0.3 is 0 Å². The van der Waals surface area contributed by atoms with Crippen LogP contribution in [0.4, 0.5) is 5.82 Å². The number of amides is 1. The number of nitrogens with two attached hydrogens (primary N) is 1. The van der Waals surface area contributed by atoms with E-state index in [0.29, 0.717) is 17.4 Å². The number of nitrogens with one attached hydrogen (secondary N) is 1. The van der Waals surface area contributed by atoms with Crippen molar-refractivity contribution in [3.8, 4) is 0 Å². The van der Waals surface area contributed by atoms with E-state index < -0.39 is 0 Å². The molecular formula is C12H13ClN4OS. The van der Waals surface area contributed by atoms with Gasteiger partial charge in [-0.3, -0.25) is 4.79 Å². The molecule has 0 atom stereocenters. The van der Waals surface area contributed by atoms with Gasteiger partial charge in [-0.2, -0.15) is 0 Å². The van der Waals surface area contributed by atoms with Crippen LogP contribution in [0.15, 0.2) is 29.6 Å². The van der Waals surface area contributed by atoms with Gasteiger partial charge in [-0.25, -0.2) is 10.8 Å². The van der Waals surface area contributed by atoms with Crippen LogP contribution < -0.4 is 11.3 Å². The van der Waals surface area contributed by atoms with Crippen molar-refractivity contribution in [2.45, 2.75) is 6.54 Å². The van der Waals surface area contributed by atoms with E-state index in [1.807, 2.05) is 17.5 Å². The Hall–Kier alpha value is -1.63. The number of anilines is 1. The van der Waals surface area contributed by atoms with Crippen molar-refractivity contribution in [1.82, 2.24) is 9.88 Å². The van der Waals surface area contributed by atoms with E-state index in [1.54, 1.807) is 35.4 Å². The number of pyridine rings is 1. The molecule has 2 heterocycles. The Kier molecular flexibility index (Phi) is 4.36. The molecule has 3 N–H and O–H groups in total.